The molecule has 378 valence electrons. The van der Waals surface area contributed by atoms with E-state index in [4.69, 9.17) is 0 Å². The third kappa shape index (κ3) is 7.99. The van der Waals surface area contributed by atoms with Crippen LogP contribution in [0, 0.1) is 13.8 Å². The number of rotatable bonds is 10. The summed E-state index contributed by atoms with van der Waals surface area (Å²) in [4.78, 5) is 4.86. The van der Waals surface area contributed by atoms with Crippen molar-refractivity contribution in [2.45, 2.75) is 13.8 Å². The van der Waals surface area contributed by atoms with Crippen LogP contribution in [0.5, 0.6) is 0 Å². The van der Waals surface area contributed by atoms with Crippen LogP contribution in [0.1, 0.15) is 11.1 Å². The first-order chi connectivity index (χ1) is 39.5. The third-order valence-corrected chi connectivity index (χ3v) is 16.2. The average Bonchev–Trinajstić information content (AvgIpc) is 4.23. The second kappa shape index (κ2) is 19.2. The smallest absolute Gasteiger partial charge is 0.0542 e. The van der Waals surface area contributed by atoms with Crippen molar-refractivity contribution < 1.29 is 0 Å². The lowest BCUT2D eigenvalue weighted by molar-refractivity contribution is 1.17. The molecule has 13 aromatic carbocycles. The van der Waals surface area contributed by atoms with Gasteiger partial charge in [0.15, 0.2) is 0 Å². The number of benzene rings is 13. The van der Waals surface area contributed by atoms with Crippen LogP contribution in [0.15, 0.2) is 291 Å². The van der Waals surface area contributed by atoms with E-state index in [1.165, 1.54) is 76.3 Å². The fourth-order valence-electron chi connectivity index (χ4n) is 12.3. The Morgan fingerprint density at radius 3 is 1.14 bits per heavy atom. The zero-order valence-corrected chi connectivity index (χ0v) is 44.5. The van der Waals surface area contributed by atoms with E-state index in [0.717, 1.165) is 67.8 Å². The Balaban J connectivity index is 0.818. The summed E-state index contributed by atoms with van der Waals surface area (Å²) in [5, 5.41) is 9.66. The Bertz CT molecular complexity index is 4840. The maximum absolute atomic E-state index is 2.44. The molecule has 80 heavy (non-hydrogen) atoms. The van der Waals surface area contributed by atoms with E-state index in [-0.39, 0.29) is 0 Å². The topological polar surface area (TPSA) is 16.3 Å². The van der Waals surface area contributed by atoms with Crippen LogP contribution in [-0.2, 0) is 0 Å². The van der Waals surface area contributed by atoms with Gasteiger partial charge in [-0.25, -0.2) is 0 Å². The molecule has 0 bridgehead atoms. The maximum atomic E-state index is 2.44. The van der Waals surface area contributed by atoms with Gasteiger partial charge in [-0.1, -0.05) is 187 Å². The molecule has 0 aliphatic rings. The van der Waals surface area contributed by atoms with E-state index in [2.05, 4.69) is 324 Å². The summed E-state index contributed by atoms with van der Waals surface area (Å²) < 4.78 is 4.79. The van der Waals surface area contributed by atoms with Crippen molar-refractivity contribution in [3.05, 3.63) is 302 Å². The molecular formula is C76H54N4. The molecule has 0 unspecified atom stereocenters. The van der Waals surface area contributed by atoms with Gasteiger partial charge in [-0.2, -0.15) is 0 Å². The molecule has 0 aliphatic carbocycles. The fourth-order valence-corrected chi connectivity index (χ4v) is 12.3. The molecule has 15 aromatic rings. The summed E-state index contributed by atoms with van der Waals surface area (Å²) in [5.74, 6) is 0. The van der Waals surface area contributed by atoms with Crippen molar-refractivity contribution in [2.24, 2.45) is 0 Å². The van der Waals surface area contributed by atoms with Crippen molar-refractivity contribution in [3.8, 4) is 33.6 Å². The Morgan fingerprint density at radius 2 is 0.613 bits per heavy atom. The Morgan fingerprint density at radius 1 is 0.237 bits per heavy atom. The van der Waals surface area contributed by atoms with Gasteiger partial charge in [0.1, 0.15) is 0 Å². The number of aromatic nitrogens is 2. The Labute approximate surface area is 465 Å². The highest BCUT2D eigenvalue weighted by molar-refractivity contribution is 6.13. The fraction of sp³-hybridized carbons (Fsp3) is 0.0263. The quantitative estimate of drug-likeness (QED) is 0.136. The highest BCUT2D eigenvalue weighted by Crippen LogP contribution is 2.45. The largest absolute Gasteiger partial charge is 0.310 e. The summed E-state index contributed by atoms with van der Waals surface area (Å²) in [6.07, 6.45) is 0. The minimum Gasteiger partial charge on any atom is -0.310 e. The van der Waals surface area contributed by atoms with Crippen LogP contribution >= 0.6 is 0 Å². The van der Waals surface area contributed by atoms with Crippen LogP contribution in [0.2, 0.25) is 0 Å². The Kier molecular flexibility index (Phi) is 11.3. The van der Waals surface area contributed by atoms with Crippen molar-refractivity contribution in [2.75, 3.05) is 9.80 Å². The second-order valence-corrected chi connectivity index (χ2v) is 21.1. The normalized spacial score (nSPS) is 11.6. The van der Waals surface area contributed by atoms with Gasteiger partial charge >= 0.3 is 0 Å². The lowest BCUT2D eigenvalue weighted by atomic mass is 9.98. The highest BCUT2D eigenvalue weighted by Gasteiger charge is 2.22. The molecule has 15 rings (SSSR count). The van der Waals surface area contributed by atoms with Gasteiger partial charge in [-0.15, -0.1) is 0 Å². The van der Waals surface area contributed by atoms with Gasteiger partial charge in [0.25, 0.3) is 0 Å². The van der Waals surface area contributed by atoms with Crippen LogP contribution < -0.4 is 9.80 Å². The lowest BCUT2D eigenvalue weighted by Gasteiger charge is -2.27. The van der Waals surface area contributed by atoms with Gasteiger partial charge in [0.2, 0.25) is 0 Å². The van der Waals surface area contributed by atoms with E-state index in [0.29, 0.717) is 0 Å². The van der Waals surface area contributed by atoms with Crippen LogP contribution in [-0.4, -0.2) is 9.13 Å². The Hall–Kier alpha value is -10.4. The molecular weight excluding hydrogens is 969 g/mol. The van der Waals surface area contributed by atoms with Crippen molar-refractivity contribution in [3.63, 3.8) is 0 Å². The SMILES string of the molecule is Cc1ccc(-n2c3ccccc3c3cc(N(c4ccc(-c5cccc(-c6cccc(N(c7ccc8c(c7)c7ccccc7n8-c7ccc(C)cc7)c7cccc8ccccc78)c6)c5)cc4)c4cccc5ccccc45)ccc32)cc1. The summed E-state index contributed by atoms with van der Waals surface area (Å²) in [5.41, 5.74) is 20.8. The minimum atomic E-state index is 1.08. The number of fused-ring (bicyclic) bond motifs is 8. The molecule has 4 nitrogen and oxygen atoms in total. The predicted octanol–water partition coefficient (Wildman–Crippen LogP) is 21.1. The summed E-state index contributed by atoms with van der Waals surface area (Å²) in [6.45, 7) is 4.29. The highest BCUT2D eigenvalue weighted by atomic mass is 15.2. The molecule has 0 saturated heterocycles. The molecule has 4 heteroatoms. The number of anilines is 6. The molecule has 2 heterocycles. The van der Waals surface area contributed by atoms with Gasteiger partial charge in [-0.05, 0) is 162 Å². The van der Waals surface area contributed by atoms with E-state index < -0.39 is 0 Å². The number of hydrogen-bond acceptors (Lipinski definition) is 2. The minimum absolute atomic E-state index is 1.08. The summed E-state index contributed by atoms with van der Waals surface area (Å²) in [7, 11) is 0. The van der Waals surface area contributed by atoms with Gasteiger partial charge in [0.05, 0.1) is 33.4 Å². The lowest BCUT2D eigenvalue weighted by Crippen LogP contribution is -2.10. The van der Waals surface area contributed by atoms with Crippen molar-refractivity contribution in [1.82, 2.24) is 9.13 Å². The van der Waals surface area contributed by atoms with E-state index >= 15 is 0 Å². The standard InChI is InChI=1S/C76H54N4/c1-51-31-37-60(38-32-51)79-73-27-9-7-25-67(73)69-49-63(43-45-75(69)79)77(71-29-13-17-54-15-3-5-23-65(54)71)59-41-35-53(36-42-59)56-19-11-20-57(47-56)58-21-12-22-62(48-58)78(72-30-14-18-55-16-4-6-24-66(55)72)64-44-46-76-70(50-64)68-26-8-10-28-74(68)80(76)61-39-33-52(2)34-40-61/h3-50H,1-2H3. The monoisotopic (exact) mass is 1020 g/mol. The number of hydrogen-bond donors (Lipinski definition) is 0. The van der Waals surface area contributed by atoms with Crippen LogP contribution in [0.25, 0.3) is 98.8 Å². The van der Waals surface area contributed by atoms with Gasteiger partial charge < -0.3 is 18.9 Å². The molecule has 0 radical (unpaired) electrons. The van der Waals surface area contributed by atoms with Crippen molar-refractivity contribution in [1.29, 1.82) is 0 Å². The summed E-state index contributed by atoms with van der Waals surface area (Å²) >= 11 is 0. The van der Waals surface area contributed by atoms with Gasteiger partial charge in [0, 0.05) is 66.4 Å². The molecule has 0 spiro atoms. The molecule has 0 atom stereocenters. The van der Waals surface area contributed by atoms with E-state index in [9.17, 15) is 0 Å². The van der Waals surface area contributed by atoms with E-state index in [1.54, 1.807) is 0 Å². The maximum Gasteiger partial charge on any atom is 0.0542 e. The molecule has 0 aliphatic heterocycles. The zero-order valence-electron chi connectivity index (χ0n) is 44.5. The molecule has 2 aromatic heterocycles. The third-order valence-electron chi connectivity index (χ3n) is 16.2. The van der Waals surface area contributed by atoms with Gasteiger partial charge in [-0.3, -0.25) is 0 Å². The van der Waals surface area contributed by atoms with E-state index in [1.807, 2.05) is 0 Å². The number of nitrogens with zero attached hydrogens (tertiary/aromatic N) is 4. The van der Waals surface area contributed by atoms with Crippen LogP contribution in [0.3, 0.4) is 0 Å². The average molecular weight is 1020 g/mol. The zero-order chi connectivity index (χ0) is 53.3. The predicted molar refractivity (Wildman–Crippen MR) is 340 cm³/mol. The first kappa shape index (κ1) is 46.8. The second-order valence-electron chi connectivity index (χ2n) is 21.1. The van der Waals surface area contributed by atoms with Crippen LogP contribution in [0.4, 0.5) is 34.1 Å². The molecule has 0 amide bonds. The summed E-state index contributed by atoms with van der Waals surface area (Å²) in [6, 6.07) is 107. The molecule has 0 N–H and O–H groups in total. The first-order valence-corrected chi connectivity index (χ1v) is 27.6. The first-order valence-electron chi connectivity index (χ1n) is 27.6. The molecule has 0 fully saturated rings. The number of aryl methyl sites for hydroxylation is 2. The number of para-hydroxylation sites is 2. The van der Waals surface area contributed by atoms with Crippen molar-refractivity contribution >= 4 is 99.3 Å². The molecule has 0 saturated carbocycles.